The van der Waals surface area contributed by atoms with Gasteiger partial charge in [0.1, 0.15) is 5.78 Å². The number of ether oxygens (including phenoxy) is 1. The van der Waals surface area contributed by atoms with Crippen LogP contribution in [0, 0.1) is 11.3 Å². The van der Waals surface area contributed by atoms with Crippen molar-refractivity contribution in [2.24, 2.45) is 11.3 Å². The van der Waals surface area contributed by atoms with Crippen LogP contribution in [0.5, 0.6) is 0 Å². The first-order valence-corrected chi connectivity index (χ1v) is 6.28. The first-order chi connectivity index (χ1) is 8.03. The quantitative estimate of drug-likeness (QED) is 0.546. The number of methoxy groups -OCH3 is 1. The van der Waals surface area contributed by atoms with Gasteiger partial charge in [0.2, 0.25) is 0 Å². The fraction of sp³-hybridized carbons (Fsp3) is 0.714. The molecule has 0 aromatic heterocycles. The van der Waals surface area contributed by atoms with E-state index in [1.807, 2.05) is 6.92 Å². The molecule has 3 heteroatoms. The van der Waals surface area contributed by atoms with Crippen LogP contribution < -0.4 is 0 Å². The number of Topliss-reactive ketones (excluding diaryl/α,β-unsaturated/α-hetero) is 1. The van der Waals surface area contributed by atoms with E-state index in [-0.39, 0.29) is 23.1 Å². The number of allylic oxidation sites excluding steroid dienone is 2. The predicted molar refractivity (Wildman–Crippen MR) is 66.5 cm³/mol. The van der Waals surface area contributed by atoms with Crippen molar-refractivity contribution in [3.8, 4) is 0 Å². The minimum Gasteiger partial charge on any atom is -0.469 e. The van der Waals surface area contributed by atoms with Crippen LogP contribution >= 0.6 is 0 Å². The highest BCUT2D eigenvalue weighted by Gasteiger charge is 2.45. The van der Waals surface area contributed by atoms with E-state index in [9.17, 15) is 9.59 Å². The molecule has 96 valence electrons. The highest BCUT2D eigenvalue weighted by Crippen LogP contribution is 2.45. The number of hydrogen-bond acceptors (Lipinski definition) is 3. The molecule has 0 saturated heterocycles. The van der Waals surface area contributed by atoms with E-state index in [0.29, 0.717) is 12.8 Å². The van der Waals surface area contributed by atoms with E-state index in [1.165, 1.54) is 7.11 Å². The molecule has 17 heavy (non-hydrogen) atoms. The molecule has 1 fully saturated rings. The van der Waals surface area contributed by atoms with Crippen LogP contribution in [0.3, 0.4) is 0 Å². The van der Waals surface area contributed by atoms with Crippen molar-refractivity contribution >= 4 is 11.8 Å². The first kappa shape index (κ1) is 13.9. The number of carbonyl (C=O) groups is 2. The summed E-state index contributed by atoms with van der Waals surface area (Å²) in [5.74, 6) is 0.0493. The lowest BCUT2D eigenvalue weighted by Crippen LogP contribution is -2.28. The maximum absolute atomic E-state index is 11.9. The Morgan fingerprint density at radius 1 is 1.53 bits per heavy atom. The molecule has 1 rings (SSSR count). The van der Waals surface area contributed by atoms with Gasteiger partial charge in [0.05, 0.1) is 13.5 Å². The third kappa shape index (κ3) is 3.42. The number of carbonyl (C=O) groups excluding carboxylic acids is 2. The van der Waals surface area contributed by atoms with Crippen LogP contribution in [0.15, 0.2) is 12.2 Å². The van der Waals surface area contributed by atoms with Gasteiger partial charge in [0.15, 0.2) is 0 Å². The number of esters is 1. The summed E-state index contributed by atoms with van der Waals surface area (Å²) >= 11 is 0. The van der Waals surface area contributed by atoms with Crippen LogP contribution in [0.2, 0.25) is 0 Å². The third-order valence-electron chi connectivity index (χ3n) is 3.72. The lowest BCUT2D eigenvalue weighted by Gasteiger charge is -2.28. The van der Waals surface area contributed by atoms with Crippen LogP contribution in [-0.4, -0.2) is 18.9 Å². The molecule has 0 radical (unpaired) electrons. The summed E-state index contributed by atoms with van der Waals surface area (Å²) in [4.78, 5) is 23.3. The van der Waals surface area contributed by atoms with Gasteiger partial charge >= 0.3 is 5.97 Å². The second kappa shape index (κ2) is 5.99. The molecular formula is C14H22O3. The molecule has 1 saturated carbocycles. The minimum absolute atomic E-state index is 0.0237. The Labute approximate surface area is 103 Å². The maximum atomic E-state index is 11.9. The van der Waals surface area contributed by atoms with Crippen LogP contribution in [-0.2, 0) is 14.3 Å². The molecule has 2 unspecified atom stereocenters. The fourth-order valence-electron chi connectivity index (χ4n) is 2.57. The van der Waals surface area contributed by atoms with Gasteiger partial charge in [-0.1, -0.05) is 26.0 Å². The van der Waals surface area contributed by atoms with Gasteiger partial charge in [0.25, 0.3) is 0 Å². The Hall–Kier alpha value is -1.12. The van der Waals surface area contributed by atoms with Crippen molar-refractivity contribution in [3.63, 3.8) is 0 Å². The molecule has 0 spiro atoms. The zero-order chi connectivity index (χ0) is 12.9. The van der Waals surface area contributed by atoms with E-state index < -0.39 is 0 Å². The molecule has 2 atom stereocenters. The Morgan fingerprint density at radius 2 is 2.24 bits per heavy atom. The lowest BCUT2D eigenvalue weighted by atomic mass is 9.75. The van der Waals surface area contributed by atoms with Crippen molar-refractivity contribution in [1.82, 2.24) is 0 Å². The molecule has 0 amide bonds. The molecule has 3 nitrogen and oxygen atoms in total. The highest BCUT2D eigenvalue weighted by atomic mass is 16.5. The normalized spacial score (nSPS) is 28.9. The average molecular weight is 238 g/mol. The molecule has 1 aliphatic carbocycles. The Morgan fingerprint density at radius 3 is 2.82 bits per heavy atom. The van der Waals surface area contributed by atoms with Crippen molar-refractivity contribution in [2.45, 2.75) is 46.0 Å². The number of rotatable bonds is 5. The number of ketones is 1. The monoisotopic (exact) mass is 238 g/mol. The molecule has 0 aromatic carbocycles. The van der Waals surface area contributed by atoms with E-state index in [4.69, 9.17) is 4.74 Å². The van der Waals surface area contributed by atoms with Gasteiger partial charge < -0.3 is 4.74 Å². The van der Waals surface area contributed by atoms with Crippen LogP contribution in [0.4, 0.5) is 0 Å². The minimum atomic E-state index is -0.220. The van der Waals surface area contributed by atoms with Gasteiger partial charge in [-0.15, -0.1) is 0 Å². The molecule has 0 bridgehead atoms. The van der Waals surface area contributed by atoms with Gasteiger partial charge in [-0.3, -0.25) is 9.59 Å². The summed E-state index contributed by atoms with van der Waals surface area (Å²) in [6, 6.07) is 0. The smallest absolute Gasteiger partial charge is 0.306 e. The van der Waals surface area contributed by atoms with Crippen LogP contribution in [0.25, 0.3) is 0 Å². The van der Waals surface area contributed by atoms with Gasteiger partial charge in [0, 0.05) is 12.3 Å². The van der Waals surface area contributed by atoms with E-state index >= 15 is 0 Å². The Balaban J connectivity index is 2.71. The largest absolute Gasteiger partial charge is 0.469 e. The highest BCUT2D eigenvalue weighted by molar-refractivity contribution is 5.85. The Bertz CT molecular complexity index is 319. The summed E-state index contributed by atoms with van der Waals surface area (Å²) in [5.41, 5.74) is -0.220. The van der Waals surface area contributed by atoms with Crippen molar-refractivity contribution in [2.75, 3.05) is 7.11 Å². The molecule has 1 aliphatic rings. The zero-order valence-electron chi connectivity index (χ0n) is 11.0. The summed E-state index contributed by atoms with van der Waals surface area (Å²) in [6.45, 7) is 4.10. The standard InChI is InChI=1S/C14H22O3/c1-4-5-6-7-11-12(15)8-9-14(11,2)10-13(16)17-3/h5-6,11H,4,7-10H2,1-3H3/b6-5-. The molecule has 0 aromatic rings. The van der Waals surface area contributed by atoms with Crippen molar-refractivity contribution in [3.05, 3.63) is 12.2 Å². The molecule has 0 N–H and O–H groups in total. The van der Waals surface area contributed by atoms with E-state index in [2.05, 4.69) is 19.1 Å². The first-order valence-electron chi connectivity index (χ1n) is 6.28. The van der Waals surface area contributed by atoms with E-state index in [0.717, 1.165) is 19.3 Å². The molecule has 0 aliphatic heterocycles. The number of hydrogen-bond donors (Lipinski definition) is 0. The van der Waals surface area contributed by atoms with Crippen LogP contribution in [0.1, 0.15) is 46.0 Å². The zero-order valence-corrected chi connectivity index (χ0v) is 11.0. The predicted octanol–water partition coefficient (Wildman–Crippen LogP) is 2.89. The van der Waals surface area contributed by atoms with E-state index in [1.54, 1.807) is 0 Å². The van der Waals surface area contributed by atoms with Crippen molar-refractivity contribution in [1.29, 1.82) is 0 Å². The second-order valence-electron chi connectivity index (χ2n) is 5.04. The second-order valence-corrected chi connectivity index (χ2v) is 5.04. The molecular weight excluding hydrogens is 216 g/mol. The summed E-state index contributed by atoms with van der Waals surface area (Å²) in [7, 11) is 1.40. The van der Waals surface area contributed by atoms with Gasteiger partial charge in [-0.2, -0.15) is 0 Å². The van der Waals surface area contributed by atoms with Crippen molar-refractivity contribution < 1.29 is 14.3 Å². The fourth-order valence-corrected chi connectivity index (χ4v) is 2.57. The SMILES string of the molecule is CC/C=C\CC1C(=O)CCC1(C)CC(=O)OC. The molecule has 0 heterocycles. The lowest BCUT2D eigenvalue weighted by molar-refractivity contribution is -0.143. The average Bonchev–Trinajstić information content (AvgIpc) is 2.57. The summed E-state index contributed by atoms with van der Waals surface area (Å²) < 4.78 is 4.72. The summed E-state index contributed by atoms with van der Waals surface area (Å²) in [5, 5.41) is 0. The maximum Gasteiger partial charge on any atom is 0.306 e. The van der Waals surface area contributed by atoms with Gasteiger partial charge in [-0.05, 0) is 24.7 Å². The Kier molecular flexibility index (Phi) is 4.91. The van der Waals surface area contributed by atoms with Gasteiger partial charge in [-0.25, -0.2) is 0 Å². The third-order valence-corrected chi connectivity index (χ3v) is 3.72. The summed E-state index contributed by atoms with van der Waals surface area (Å²) in [6.07, 6.45) is 7.60. The topological polar surface area (TPSA) is 43.4 Å².